The number of rotatable bonds is 7. The summed E-state index contributed by atoms with van der Waals surface area (Å²) < 4.78 is 0. The van der Waals surface area contributed by atoms with Gasteiger partial charge in [-0.15, -0.1) is 0 Å². The molecule has 2 aromatic rings. The minimum absolute atomic E-state index is 0.199. The normalized spacial score (nSPS) is 10.8. The van der Waals surface area contributed by atoms with Gasteiger partial charge in [0.25, 0.3) is 5.91 Å². The van der Waals surface area contributed by atoms with E-state index in [9.17, 15) is 4.79 Å². The van der Waals surface area contributed by atoms with E-state index in [4.69, 9.17) is 11.6 Å². The van der Waals surface area contributed by atoms with Crippen molar-refractivity contribution in [2.75, 3.05) is 32.5 Å². The van der Waals surface area contributed by atoms with Gasteiger partial charge >= 0.3 is 0 Å². The van der Waals surface area contributed by atoms with Crippen LogP contribution in [-0.2, 0) is 0 Å². The Balaban J connectivity index is 2.09. The monoisotopic (exact) mass is 361 g/mol. The lowest BCUT2D eigenvalue weighted by Crippen LogP contribution is -2.28. The van der Waals surface area contributed by atoms with E-state index in [0.717, 1.165) is 24.2 Å². The molecule has 0 fully saturated rings. The maximum absolute atomic E-state index is 12.3. The molecule has 0 saturated carbocycles. The van der Waals surface area contributed by atoms with E-state index in [1.807, 2.05) is 39.2 Å². The highest BCUT2D eigenvalue weighted by atomic mass is 35.5. The molecule has 0 radical (unpaired) electrons. The third kappa shape index (κ3) is 5.69. The summed E-state index contributed by atoms with van der Waals surface area (Å²) in [7, 11) is 4.01. The number of anilines is 2. The second-order valence-electron chi connectivity index (χ2n) is 6.14. The second-order valence-corrected chi connectivity index (χ2v) is 6.54. The molecule has 0 aliphatic heterocycles. The van der Waals surface area contributed by atoms with Crippen molar-refractivity contribution in [2.24, 2.45) is 0 Å². The lowest BCUT2D eigenvalue weighted by molar-refractivity contribution is 0.0947. The van der Waals surface area contributed by atoms with Crippen molar-refractivity contribution in [2.45, 2.75) is 20.3 Å². The molecule has 0 aliphatic carbocycles. The molecule has 1 heterocycles. The van der Waals surface area contributed by atoms with Crippen molar-refractivity contribution in [3.8, 4) is 0 Å². The lowest BCUT2D eigenvalue weighted by atomic mass is 10.2. The Hall–Kier alpha value is -2.18. The molecule has 0 bridgehead atoms. The van der Waals surface area contributed by atoms with Crippen molar-refractivity contribution in [1.29, 1.82) is 0 Å². The van der Waals surface area contributed by atoms with E-state index < -0.39 is 0 Å². The number of amides is 1. The van der Waals surface area contributed by atoms with Crippen molar-refractivity contribution in [1.82, 2.24) is 20.2 Å². The molecule has 0 atom stereocenters. The van der Waals surface area contributed by atoms with E-state index in [1.165, 1.54) is 0 Å². The molecule has 25 heavy (non-hydrogen) atoms. The van der Waals surface area contributed by atoms with Gasteiger partial charge in [-0.25, -0.2) is 9.97 Å². The van der Waals surface area contributed by atoms with Gasteiger partial charge in [-0.1, -0.05) is 17.7 Å². The standard InChI is InChI=1S/C18H24ClN5O/c1-12-14(19)7-5-8-15(12)23-17-11-16(21-13(2)22-17)18(25)20-9-6-10-24(3)4/h5,7-8,11H,6,9-10H2,1-4H3,(H,20,25)(H,21,22,23). The molecule has 134 valence electrons. The first-order valence-corrected chi connectivity index (χ1v) is 8.55. The molecular weight excluding hydrogens is 338 g/mol. The van der Waals surface area contributed by atoms with E-state index in [1.54, 1.807) is 13.0 Å². The Labute approximate surface area is 153 Å². The van der Waals surface area contributed by atoms with E-state index in [0.29, 0.717) is 28.9 Å². The summed E-state index contributed by atoms with van der Waals surface area (Å²) in [5, 5.41) is 6.77. The number of halogens is 1. The molecule has 1 aromatic heterocycles. The van der Waals surface area contributed by atoms with Gasteiger partial charge in [-0.05, 0) is 58.6 Å². The molecule has 7 heteroatoms. The topological polar surface area (TPSA) is 70.2 Å². The summed E-state index contributed by atoms with van der Waals surface area (Å²) in [6, 6.07) is 7.26. The van der Waals surface area contributed by atoms with E-state index >= 15 is 0 Å². The van der Waals surface area contributed by atoms with Gasteiger partial charge in [0.15, 0.2) is 0 Å². The molecular formula is C18H24ClN5O. The van der Waals surface area contributed by atoms with Crippen LogP contribution in [0.1, 0.15) is 28.3 Å². The average Bonchev–Trinajstić information content (AvgIpc) is 2.55. The highest BCUT2D eigenvalue weighted by Crippen LogP contribution is 2.25. The average molecular weight is 362 g/mol. The summed E-state index contributed by atoms with van der Waals surface area (Å²) >= 11 is 6.15. The third-order valence-electron chi connectivity index (χ3n) is 3.67. The fourth-order valence-electron chi connectivity index (χ4n) is 2.32. The highest BCUT2D eigenvalue weighted by Gasteiger charge is 2.11. The van der Waals surface area contributed by atoms with Crippen LogP contribution in [0.3, 0.4) is 0 Å². The molecule has 0 saturated heterocycles. The summed E-state index contributed by atoms with van der Waals surface area (Å²) in [6.07, 6.45) is 0.885. The van der Waals surface area contributed by atoms with Crippen LogP contribution in [0.25, 0.3) is 0 Å². The SMILES string of the molecule is Cc1nc(Nc2cccc(Cl)c2C)cc(C(=O)NCCCN(C)C)n1. The van der Waals surface area contributed by atoms with Crippen LogP contribution < -0.4 is 10.6 Å². The van der Waals surface area contributed by atoms with E-state index in [2.05, 4.69) is 25.5 Å². The Kier molecular flexibility index (Phi) is 6.73. The second kappa shape index (κ2) is 8.78. The Bertz CT molecular complexity index is 748. The number of hydrogen-bond acceptors (Lipinski definition) is 5. The zero-order chi connectivity index (χ0) is 18.4. The number of nitrogens with one attached hydrogen (secondary N) is 2. The summed E-state index contributed by atoms with van der Waals surface area (Å²) in [5.41, 5.74) is 2.12. The zero-order valence-electron chi connectivity index (χ0n) is 15.1. The minimum Gasteiger partial charge on any atom is -0.351 e. The molecule has 1 amide bonds. The van der Waals surface area contributed by atoms with Crippen LogP contribution in [0.5, 0.6) is 0 Å². The Morgan fingerprint density at radius 3 is 2.72 bits per heavy atom. The number of hydrogen-bond donors (Lipinski definition) is 2. The summed E-state index contributed by atoms with van der Waals surface area (Å²) in [5.74, 6) is 0.898. The Morgan fingerprint density at radius 2 is 2.00 bits per heavy atom. The van der Waals surface area contributed by atoms with Gasteiger partial charge in [0.2, 0.25) is 0 Å². The quantitative estimate of drug-likeness (QED) is 0.741. The molecule has 6 nitrogen and oxygen atoms in total. The van der Waals surface area contributed by atoms with Crippen molar-refractivity contribution in [3.63, 3.8) is 0 Å². The predicted molar refractivity (Wildman–Crippen MR) is 102 cm³/mol. The molecule has 2 rings (SSSR count). The van der Waals surface area contributed by atoms with Gasteiger partial charge in [0.05, 0.1) is 0 Å². The van der Waals surface area contributed by atoms with Crippen LogP contribution in [-0.4, -0.2) is 48.0 Å². The summed E-state index contributed by atoms with van der Waals surface area (Å²) in [6.45, 7) is 5.22. The van der Waals surface area contributed by atoms with Crippen molar-refractivity contribution in [3.05, 3.63) is 46.4 Å². The van der Waals surface area contributed by atoms with Crippen LogP contribution in [0.2, 0.25) is 5.02 Å². The molecule has 0 unspecified atom stereocenters. The predicted octanol–water partition coefficient (Wildman–Crippen LogP) is 3.17. The van der Waals surface area contributed by atoms with Crippen LogP contribution in [0.15, 0.2) is 24.3 Å². The minimum atomic E-state index is -0.199. The molecule has 2 N–H and O–H groups in total. The first-order chi connectivity index (χ1) is 11.9. The number of carbonyl (C=O) groups excluding carboxylic acids is 1. The van der Waals surface area contributed by atoms with Gasteiger partial charge in [0.1, 0.15) is 17.3 Å². The van der Waals surface area contributed by atoms with Crippen LogP contribution in [0.4, 0.5) is 11.5 Å². The van der Waals surface area contributed by atoms with E-state index in [-0.39, 0.29) is 5.91 Å². The zero-order valence-corrected chi connectivity index (χ0v) is 15.8. The maximum atomic E-state index is 12.3. The number of aryl methyl sites for hydroxylation is 1. The number of aromatic nitrogens is 2. The fourth-order valence-corrected chi connectivity index (χ4v) is 2.49. The third-order valence-corrected chi connectivity index (χ3v) is 4.08. The summed E-state index contributed by atoms with van der Waals surface area (Å²) in [4.78, 5) is 23.0. The number of benzene rings is 1. The van der Waals surface area contributed by atoms with Gasteiger partial charge < -0.3 is 15.5 Å². The van der Waals surface area contributed by atoms with Gasteiger partial charge in [-0.3, -0.25) is 4.79 Å². The van der Waals surface area contributed by atoms with Gasteiger partial charge in [-0.2, -0.15) is 0 Å². The first kappa shape index (κ1) is 19.1. The Morgan fingerprint density at radius 1 is 1.24 bits per heavy atom. The molecule has 0 aliphatic rings. The highest BCUT2D eigenvalue weighted by molar-refractivity contribution is 6.31. The van der Waals surface area contributed by atoms with Gasteiger partial charge in [0, 0.05) is 23.3 Å². The fraction of sp³-hybridized carbons (Fsp3) is 0.389. The van der Waals surface area contributed by atoms with Crippen LogP contribution in [0, 0.1) is 13.8 Å². The number of carbonyl (C=O) groups is 1. The lowest BCUT2D eigenvalue weighted by Gasteiger charge is -2.12. The molecule has 1 aromatic carbocycles. The maximum Gasteiger partial charge on any atom is 0.270 e. The first-order valence-electron chi connectivity index (χ1n) is 8.17. The number of nitrogens with zero attached hydrogens (tertiary/aromatic N) is 3. The largest absolute Gasteiger partial charge is 0.351 e. The molecule has 0 spiro atoms. The smallest absolute Gasteiger partial charge is 0.270 e. The van der Waals surface area contributed by atoms with Crippen LogP contribution >= 0.6 is 11.6 Å². The van der Waals surface area contributed by atoms with Crippen molar-refractivity contribution >= 4 is 29.0 Å². The van der Waals surface area contributed by atoms with Crippen molar-refractivity contribution < 1.29 is 4.79 Å².